The normalized spacial score (nSPS) is 9.83. The maximum absolute atomic E-state index is 11.6. The predicted molar refractivity (Wildman–Crippen MR) is 62.2 cm³/mol. The number of rotatable bonds is 3. The number of methoxy groups -OCH3 is 1. The molecule has 1 N–H and O–H groups in total. The van der Waals surface area contributed by atoms with E-state index in [0.717, 1.165) is 0 Å². The van der Waals surface area contributed by atoms with Crippen LogP contribution in [0, 0.1) is 0 Å². The van der Waals surface area contributed by atoms with Gasteiger partial charge in [0.1, 0.15) is 5.82 Å². The van der Waals surface area contributed by atoms with Crippen molar-refractivity contribution in [1.82, 2.24) is 4.98 Å². The van der Waals surface area contributed by atoms with E-state index in [0.29, 0.717) is 11.4 Å². The molecule has 6 heteroatoms. The van der Waals surface area contributed by atoms with Crippen LogP contribution in [0.25, 0.3) is 0 Å². The van der Waals surface area contributed by atoms with Crippen molar-refractivity contribution in [1.29, 1.82) is 0 Å². The number of ether oxygens (including phenoxy) is 1. The number of furan rings is 1. The van der Waals surface area contributed by atoms with Crippen LogP contribution in [-0.4, -0.2) is 24.0 Å². The monoisotopic (exact) mass is 246 g/mol. The lowest BCUT2D eigenvalue weighted by Gasteiger charge is -2.03. The first-order valence-electron chi connectivity index (χ1n) is 5.10. The average molecular weight is 246 g/mol. The fourth-order valence-electron chi connectivity index (χ4n) is 1.29. The first-order valence-corrected chi connectivity index (χ1v) is 5.10. The number of nitrogens with one attached hydrogen (secondary N) is 1. The van der Waals surface area contributed by atoms with Gasteiger partial charge in [0, 0.05) is 6.20 Å². The van der Waals surface area contributed by atoms with Crippen LogP contribution in [0.3, 0.4) is 0 Å². The van der Waals surface area contributed by atoms with Gasteiger partial charge in [-0.15, -0.1) is 0 Å². The molecule has 0 aromatic carbocycles. The molecule has 18 heavy (non-hydrogen) atoms. The Balaban J connectivity index is 2.07. The lowest BCUT2D eigenvalue weighted by molar-refractivity contribution is 0.0600. The van der Waals surface area contributed by atoms with E-state index in [1.165, 1.54) is 37.8 Å². The van der Waals surface area contributed by atoms with Gasteiger partial charge in [-0.05, 0) is 24.3 Å². The minimum Gasteiger partial charge on any atom is -0.465 e. The van der Waals surface area contributed by atoms with Gasteiger partial charge in [-0.3, -0.25) is 4.79 Å². The molecule has 0 aliphatic rings. The molecule has 6 nitrogen and oxygen atoms in total. The third-order valence-corrected chi connectivity index (χ3v) is 2.17. The van der Waals surface area contributed by atoms with Gasteiger partial charge in [-0.25, -0.2) is 9.78 Å². The van der Waals surface area contributed by atoms with Gasteiger partial charge in [0.15, 0.2) is 5.76 Å². The van der Waals surface area contributed by atoms with Crippen molar-refractivity contribution in [2.24, 2.45) is 0 Å². The highest BCUT2D eigenvalue weighted by Gasteiger charge is 2.10. The Hall–Kier alpha value is -2.63. The molecule has 0 unspecified atom stereocenters. The molecule has 2 aromatic rings. The van der Waals surface area contributed by atoms with Crippen molar-refractivity contribution < 1.29 is 18.7 Å². The second-order valence-electron chi connectivity index (χ2n) is 3.36. The van der Waals surface area contributed by atoms with Gasteiger partial charge in [0.25, 0.3) is 5.91 Å². The van der Waals surface area contributed by atoms with E-state index in [2.05, 4.69) is 15.0 Å². The topological polar surface area (TPSA) is 81.4 Å². The summed E-state index contributed by atoms with van der Waals surface area (Å²) in [5, 5.41) is 2.53. The van der Waals surface area contributed by atoms with Gasteiger partial charge in [0.2, 0.25) is 0 Å². The predicted octanol–water partition coefficient (Wildman–Crippen LogP) is 1.71. The van der Waals surface area contributed by atoms with Crippen LogP contribution in [0.5, 0.6) is 0 Å². The van der Waals surface area contributed by atoms with Gasteiger partial charge >= 0.3 is 5.97 Å². The van der Waals surface area contributed by atoms with E-state index >= 15 is 0 Å². The highest BCUT2D eigenvalue weighted by molar-refractivity contribution is 6.01. The highest BCUT2D eigenvalue weighted by Crippen LogP contribution is 2.08. The SMILES string of the molecule is COC(=O)c1ccc(NC(=O)c2ccco2)nc1. The number of anilines is 1. The van der Waals surface area contributed by atoms with Crippen molar-refractivity contribution >= 4 is 17.7 Å². The van der Waals surface area contributed by atoms with E-state index in [9.17, 15) is 9.59 Å². The fourth-order valence-corrected chi connectivity index (χ4v) is 1.29. The van der Waals surface area contributed by atoms with E-state index in [1.807, 2.05) is 0 Å². The van der Waals surface area contributed by atoms with Gasteiger partial charge in [0.05, 0.1) is 18.9 Å². The van der Waals surface area contributed by atoms with Crippen LogP contribution in [0.2, 0.25) is 0 Å². The summed E-state index contributed by atoms with van der Waals surface area (Å²) in [6.45, 7) is 0. The quantitative estimate of drug-likeness (QED) is 0.834. The van der Waals surface area contributed by atoms with Crippen LogP contribution in [-0.2, 0) is 4.74 Å². The third kappa shape index (κ3) is 2.54. The fraction of sp³-hybridized carbons (Fsp3) is 0.0833. The molecule has 2 aromatic heterocycles. The molecule has 0 aliphatic carbocycles. The zero-order valence-electron chi connectivity index (χ0n) is 9.54. The Labute approximate surface area is 103 Å². The van der Waals surface area contributed by atoms with Crippen LogP contribution in [0.1, 0.15) is 20.9 Å². The zero-order valence-corrected chi connectivity index (χ0v) is 9.54. The van der Waals surface area contributed by atoms with E-state index in [4.69, 9.17) is 4.42 Å². The molecule has 1 amide bonds. The highest BCUT2D eigenvalue weighted by atomic mass is 16.5. The van der Waals surface area contributed by atoms with Crippen LogP contribution in [0.4, 0.5) is 5.82 Å². The van der Waals surface area contributed by atoms with E-state index < -0.39 is 11.9 Å². The Morgan fingerprint density at radius 1 is 1.33 bits per heavy atom. The average Bonchev–Trinajstić information content (AvgIpc) is 2.92. The number of aromatic nitrogens is 1. The number of nitrogens with zero attached hydrogens (tertiary/aromatic N) is 1. The number of hydrogen-bond donors (Lipinski definition) is 1. The molecule has 0 saturated heterocycles. The minimum atomic E-state index is -0.480. The molecular weight excluding hydrogens is 236 g/mol. The molecule has 0 aliphatic heterocycles. The first kappa shape index (κ1) is 11.8. The molecule has 2 heterocycles. The summed E-state index contributed by atoms with van der Waals surface area (Å²) in [6, 6.07) is 6.17. The number of carbonyl (C=O) groups excluding carboxylic acids is 2. The molecule has 0 fully saturated rings. The Bertz CT molecular complexity index is 546. The molecule has 2 rings (SSSR count). The number of amides is 1. The Kier molecular flexibility index (Phi) is 3.38. The Morgan fingerprint density at radius 2 is 2.17 bits per heavy atom. The van der Waals surface area contributed by atoms with Crippen molar-refractivity contribution in [3.05, 3.63) is 48.0 Å². The van der Waals surface area contributed by atoms with Crippen LogP contribution >= 0.6 is 0 Å². The minimum absolute atomic E-state index is 0.189. The molecule has 0 saturated carbocycles. The van der Waals surface area contributed by atoms with Crippen molar-refractivity contribution in [3.8, 4) is 0 Å². The smallest absolute Gasteiger partial charge is 0.339 e. The summed E-state index contributed by atoms with van der Waals surface area (Å²) in [7, 11) is 1.29. The van der Waals surface area contributed by atoms with Crippen molar-refractivity contribution in [3.63, 3.8) is 0 Å². The van der Waals surface area contributed by atoms with Crippen molar-refractivity contribution in [2.45, 2.75) is 0 Å². The van der Waals surface area contributed by atoms with Gasteiger partial charge in [-0.2, -0.15) is 0 Å². The standard InChI is InChI=1S/C12H10N2O4/c1-17-12(16)8-4-5-10(13-7-8)14-11(15)9-3-2-6-18-9/h2-7H,1H3,(H,13,14,15). The lowest BCUT2D eigenvalue weighted by Crippen LogP contribution is -2.12. The van der Waals surface area contributed by atoms with Gasteiger partial charge < -0.3 is 14.5 Å². The summed E-state index contributed by atoms with van der Waals surface area (Å²) in [5.74, 6) is -0.373. The second kappa shape index (κ2) is 5.13. The van der Waals surface area contributed by atoms with E-state index in [-0.39, 0.29) is 5.76 Å². The number of pyridine rings is 1. The zero-order chi connectivity index (χ0) is 13.0. The van der Waals surface area contributed by atoms with Crippen molar-refractivity contribution in [2.75, 3.05) is 12.4 Å². The number of esters is 1. The molecule has 92 valence electrons. The molecular formula is C12H10N2O4. The molecule has 0 radical (unpaired) electrons. The molecule has 0 spiro atoms. The number of carbonyl (C=O) groups is 2. The second-order valence-corrected chi connectivity index (χ2v) is 3.36. The summed E-state index contributed by atoms with van der Waals surface area (Å²) >= 11 is 0. The molecule has 0 atom stereocenters. The summed E-state index contributed by atoms with van der Waals surface area (Å²) in [4.78, 5) is 26.7. The van der Waals surface area contributed by atoms with Crippen LogP contribution in [0.15, 0.2) is 41.1 Å². The number of hydrogen-bond acceptors (Lipinski definition) is 5. The van der Waals surface area contributed by atoms with Crippen LogP contribution < -0.4 is 5.32 Å². The summed E-state index contributed by atoms with van der Waals surface area (Å²) in [6.07, 6.45) is 2.73. The maximum atomic E-state index is 11.6. The van der Waals surface area contributed by atoms with E-state index in [1.54, 1.807) is 6.07 Å². The molecule has 0 bridgehead atoms. The largest absolute Gasteiger partial charge is 0.465 e. The van der Waals surface area contributed by atoms with Gasteiger partial charge in [-0.1, -0.05) is 0 Å². The maximum Gasteiger partial charge on any atom is 0.339 e. The first-order chi connectivity index (χ1) is 8.70. The summed E-state index contributed by atoms with van der Waals surface area (Å²) < 4.78 is 9.47. The summed E-state index contributed by atoms with van der Waals surface area (Å²) in [5.41, 5.74) is 0.313. The third-order valence-electron chi connectivity index (χ3n) is 2.17. The Morgan fingerprint density at radius 3 is 2.72 bits per heavy atom. The lowest BCUT2D eigenvalue weighted by atomic mass is 10.3.